The van der Waals surface area contributed by atoms with Crippen LogP contribution in [0.25, 0.3) is 0 Å². The van der Waals surface area contributed by atoms with Crippen molar-refractivity contribution in [3.8, 4) is 12.3 Å². The Morgan fingerprint density at radius 1 is 1.64 bits per heavy atom. The summed E-state index contributed by atoms with van der Waals surface area (Å²) in [7, 11) is 0. The first-order valence-corrected chi connectivity index (χ1v) is 3.57. The molecule has 0 heterocycles. The van der Waals surface area contributed by atoms with Crippen LogP contribution in [0.5, 0.6) is 0 Å². The fourth-order valence-corrected chi connectivity index (χ4v) is 0.230. The van der Waals surface area contributed by atoms with Crippen molar-refractivity contribution in [1.82, 2.24) is 0 Å². The highest BCUT2D eigenvalue weighted by Crippen LogP contribution is 1.89. The number of carbonyl (C=O) groups is 2. The maximum atomic E-state index is 10.5. The molecule has 4 nitrogen and oxygen atoms in total. The lowest BCUT2D eigenvalue weighted by molar-refractivity contribution is -0.137. The Morgan fingerprint density at radius 2 is 2.07 bits per heavy atom. The van der Waals surface area contributed by atoms with E-state index >= 15 is 0 Å². The Kier molecular flexibility index (Phi) is 9.40. The lowest BCUT2D eigenvalue weighted by Gasteiger charge is -1.96. The summed E-state index contributed by atoms with van der Waals surface area (Å²) in [5.41, 5.74) is 0.366. The van der Waals surface area contributed by atoms with Crippen LogP contribution in [0.15, 0.2) is 24.8 Å². The predicted molar refractivity (Wildman–Crippen MR) is 52.4 cm³/mol. The predicted octanol–water partition coefficient (Wildman–Crippen LogP) is 0.996. The molecule has 76 valence electrons. The summed E-state index contributed by atoms with van der Waals surface area (Å²) in [6, 6.07) is 0. The van der Waals surface area contributed by atoms with Gasteiger partial charge in [0.15, 0.2) is 6.61 Å². The van der Waals surface area contributed by atoms with Gasteiger partial charge in [-0.1, -0.05) is 19.1 Å². The standard InChI is InChI=1S/C7H8O2.C3H4O2/c1-4-5-9-7(8)6(2)3;1-2-3(4)5/h1H,2,5H2,3H3;2H,1H2,(H,4,5). The molecule has 0 amide bonds. The molecule has 1 N–H and O–H groups in total. The quantitative estimate of drug-likeness (QED) is 0.415. The van der Waals surface area contributed by atoms with E-state index in [1.807, 2.05) is 0 Å². The number of carboxylic acid groups (broad SMARTS) is 1. The van der Waals surface area contributed by atoms with Crippen molar-refractivity contribution in [1.29, 1.82) is 0 Å². The number of esters is 1. The number of aliphatic carboxylic acids is 1. The van der Waals surface area contributed by atoms with E-state index in [-0.39, 0.29) is 6.61 Å². The molecule has 14 heavy (non-hydrogen) atoms. The zero-order chi connectivity index (χ0) is 11.6. The van der Waals surface area contributed by atoms with E-state index in [0.29, 0.717) is 5.57 Å². The van der Waals surface area contributed by atoms with Gasteiger partial charge in [-0.3, -0.25) is 0 Å². The molecular formula is C10H12O4. The summed E-state index contributed by atoms with van der Waals surface area (Å²) in [5.74, 6) is 0.751. The van der Waals surface area contributed by atoms with E-state index in [1.54, 1.807) is 6.92 Å². The second-order valence-electron chi connectivity index (χ2n) is 2.10. The minimum Gasteiger partial charge on any atom is -0.478 e. The first kappa shape index (κ1) is 14.5. The summed E-state index contributed by atoms with van der Waals surface area (Å²) in [5, 5.41) is 7.60. The molecule has 4 heteroatoms. The van der Waals surface area contributed by atoms with Gasteiger partial charge >= 0.3 is 11.9 Å². The highest BCUT2D eigenvalue weighted by atomic mass is 16.5. The number of carbonyl (C=O) groups excluding carboxylic acids is 1. The normalized spacial score (nSPS) is 7.14. The molecule has 0 saturated carbocycles. The van der Waals surface area contributed by atoms with Crippen LogP contribution >= 0.6 is 0 Å². The van der Waals surface area contributed by atoms with E-state index in [4.69, 9.17) is 11.5 Å². The molecule has 0 fully saturated rings. The van der Waals surface area contributed by atoms with Crippen LogP contribution in [0.1, 0.15) is 6.92 Å². The van der Waals surface area contributed by atoms with Gasteiger partial charge in [-0.25, -0.2) is 9.59 Å². The summed E-state index contributed by atoms with van der Waals surface area (Å²) in [6.45, 7) is 7.91. The SMILES string of the molecule is C#CCOC(=O)C(=C)C.C=CC(=O)O. The highest BCUT2D eigenvalue weighted by Gasteiger charge is 1.99. The number of ether oxygens (including phenoxy) is 1. The van der Waals surface area contributed by atoms with Gasteiger partial charge in [-0.05, 0) is 6.92 Å². The van der Waals surface area contributed by atoms with Gasteiger partial charge in [0.1, 0.15) is 0 Å². The lowest BCUT2D eigenvalue weighted by atomic mass is 10.4. The van der Waals surface area contributed by atoms with E-state index in [1.165, 1.54) is 0 Å². The molecular weight excluding hydrogens is 184 g/mol. The van der Waals surface area contributed by atoms with Crippen molar-refractivity contribution < 1.29 is 19.4 Å². The zero-order valence-electron chi connectivity index (χ0n) is 7.95. The van der Waals surface area contributed by atoms with Crippen LogP contribution in [-0.2, 0) is 14.3 Å². The molecule has 0 aliphatic heterocycles. The van der Waals surface area contributed by atoms with Crippen LogP contribution in [0.2, 0.25) is 0 Å². The highest BCUT2D eigenvalue weighted by molar-refractivity contribution is 5.87. The van der Waals surface area contributed by atoms with Crippen molar-refractivity contribution in [2.24, 2.45) is 0 Å². The topological polar surface area (TPSA) is 63.6 Å². The molecule has 0 spiro atoms. The van der Waals surface area contributed by atoms with Crippen LogP contribution in [0.3, 0.4) is 0 Å². The molecule has 0 bridgehead atoms. The Hall–Kier alpha value is -2.02. The monoisotopic (exact) mass is 196 g/mol. The van der Waals surface area contributed by atoms with Gasteiger partial charge in [0.25, 0.3) is 0 Å². The molecule has 0 aliphatic rings. The minimum atomic E-state index is -0.981. The fourth-order valence-electron chi connectivity index (χ4n) is 0.230. The van der Waals surface area contributed by atoms with Crippen LogP contribution in [-0.4, -0.2) is 23.7 Å². The molecule has 0 unspecified atom stereocenters. The summed E-state index contributed by atoms with van der Waals surface area (Å²) >= 11 is 0. The van der Waals surface area contributed by atoms with Gasteiger partial charge in [-0.15, -0.1) is 6.42 Å². The summed E-state index contributed by atoms with van der Waals surface area (Å²) in [6.07, 6.45) is 5.65. The second kappa shape index (κ2) is 9.07. The fraction of sp³-hybridized carbons (Fsp3) is 0.200. The molecule has 0 atom stereocenters. The molecule has 0 saturated heterocycles. The molecule has 0 aromatic heterocycles. The molecule has 0 rings (SSSR count). The van der Waals surface area contributed by atoms with E-state index < -0.39 is 11.9 Å². The third-order valence-corrected chi connectivity index (χ3v) is 0.810. The van der Waals surface area contributed by atoms with Crippen LogP contribution < -0.4 is 0 Å². The number of hydrogen-bond acceptors (Lipinski definition) is 3. The van der Waals surface area contributed by atoms with Gasteiger partial charge < -0.3 is 9.84 Å². The first-order chi connectivity index (χ1) is 6.45. The summed E-state index contributed by atoms with van der Waals surface area (Å²) < 4.78 is 4.48. The van der Waals surface area contributed by atoms with Gasteiger partial charge in [0.2, 0.25) is 0 Å². The van der Waals surface area contributed by atoms with Crippen molar-refractivity contribution >= 4 is 11.9 Å². The second-order valence-corrected chi connectivity index (χ2v) is 2.10. The average Bonchev–Trinajstić information content (AvgIpc) is 2.14. The Morgan fingerprint density at radius 3 is 2.29 bits per heavy atom. The van der Waals surface area contributed by atoms with Gasteiger partial charge in [0.05, 0.1) is 0 Å². The van der Waals surface area contributed by atoms with Gasteiger partial charge in [-0.2, -0.15) is 0 Å². The van der Waals surface area contributed by atoms with Crippen LogP contribution in [0.4, 0.5) is 0 Å². The average molecular weight is 196 g/mol. The summed E-state index contributed by atoms with van der Waals surface area (Å²) in [4.78, 5) is 19.7. The Bertz CT molecular complexity index is 270. The van der Waals surface area contributed by atoms with Crippen LogP contribution in [0, 0.1) is 12.3 Å². The first-order valence-electron chi connectivity index (χ1n) is 3.57. The number of terminal acetylenes is 1. The third kappa shape index (κ3) is 12.6. The third-order valence-electron chi connectivity index (χ3n) is 0.810. The molecule has 0 aliphatic carbocycles. The maximum absolute atomic E-state index is 10.5. The van der Waals surface area contributed by atoms with Gasteiger partial charge in [0, 0.05) is 11.6 Å². The van der Waals surface area contributed by atoms with E-state index in [9.17, 15) is 9.59 Å². The van der Waals surface area contributed by atoms with Crippen molar-refractivity contribution in [2.45, 2.75) is 6.92 Å². The number of carboxylic acids is 1. The van der Waals surface area contributed by atoms with E-state index in [2.05, 4.69) is 23.8 Å². The maximum Gasteiger partial charge on any atom is 0.334 e. The number of hydrogen-bond donors (Lipinski definition) is 1. The van der Waals surface area contributed by atoms with Crippen molar-refractivity contribution in [3.63, 3.8) is 0 Å². The zero-order valence-corrected chi connectivity index (χ0v) is 7.95. The minimum absolute atomic E-state index is 0.0195. The molecule has 0 radical (unpaired) electrons. The lowest BCUT2D eigenvalue weighted by Crippen LogP contribution is -2.04. The van der Waals surface area contributed by atoms with Crippen molar-refractivity contribution in [2.75, 3.05) is 6.61 Å². The largest absolute Gasteiger partial charge is 0.478 e. The number of rotatable bonds is 3. The smallest absolute Gasteiger partial charge is 0.334 e. The Balaban J connectivity index is 0. The Labute approximate surface area is 82.9 Å². The molecule has 0 aromatic rings. The van der Waals surface area contributed by atoms with E-state index in [0.717, 1.165) is 6.08 Å². The molecule has 0 aromatic carbocycles. The van der Waals surface area contributed by atoms with Crippen molar-refractivity contribution in [3.05, 3.63) is 24.8 Å².